The zero-order valence-electron chi connectivity index (χ0n) is 9.37. The molecule has 17 heavy (non-hydrogen) atoms. The molecule has 1 aromatic carbocycles. The molecule has 2 aromatic rings. The van der Waals surface area contributed by atoms with E-state index in [4.69, 9.17) is 0 Å². The van der Waals surface area contributed by atoms with Crippen LogP contribution in [0.5, 0.6) is 0 Å². The van der Waals surface area contributed by atoms with Crippen molar-refractivity contribution in [2.24, 2.45) is 0 Å². The molecule has 0 aliphatic heterocycles. The average molecular weight is 295 g/mol. The number of benzene rings is 1. The summed E-state index contributed by atoms with van der Waals surface area (Å²) in [6.07, 6.45) is 2.85. The Balaban J connectivity index is 2.09. The number of nitrogens with zero attached hydrogens (tertiary/aromatic N) is 1. The van der Waals surface area contributed by atoms with Crippen LogP contribution in [0.1, 0.15) is 11.1 Å². The lowest BCUT2D eigenvalue weighted by molar-refractivity contribution is 0.619. The molecule has 2 rings (SSSR count). The second kappa shape index (κ2) is 5.27. The first-order valence-electron chi connectivity index (χ1n) is 5.24. The maximum absolute atomic E-state index is 12.9. The molecule has 0 saturated heterocycles. The molecule has 0 radical (unpaired) electrons. The first-order chi connectivity index (χ1) is 8.15. The number of rotatable bonds is 3. The Hall–Kier alpha value is -1.42. The van der Waals surface area contributed by atoms with Crippen LogP contribution in [-0.4, -0.2) is 4.98 Å². The molecule has 0 fully saturated rings. The van der Waals surface area contributed by atoms with Gasteiger partial charge in [-0.05, 0) is 52.2 Å². The standard InChI is InChI=1S/C13H12BrFN2/c1-9-2-3-12(14)13(4-9)17-7-10-5-11(15)8-16-6-10/h2-6,8,17H,7H2,1H3. The number of nitrogens with one attached hydrogen (secondary N) is 1. The lowest BCUT2D eigenvalue weighted by Crippen LogP contribution is -2.01. The Labute approximate surface area is 108 Å². The minimum Gasteiger partial charge on any atom is -0.380 e. The third kappa shape index (κ3) is 3.27. The van der Waals surface area contributed by atoms with E-state index in [2.05, 4.69) is 26.2 Å². The van der Waals surface area contributed by atoms with Gasteiger partial charge in [-0.25, -0.2) is 4.39 Å². The molecule has 1 heterocycles. The lowest BCUT2D eigenvalue weighted by Gasteiger charge is -2.09. The summed E-state index contributed by atoms with van der Waals surface area (Å²) in [5, 5.41) is 3.24. The molecule has 0 aliphatic rings. The van der Waals surface area contributed by atoms with Crippen molar-refractivity contribution in [3.05, 3.63) is 58.1 Å². The molecular formula is C13H12BrFN2. The Morgan fingerprint density at radius 3 is 2.88 bits per heavy atom. The van der Waals surface area contributed by atoms with Gasteiger partial charge in [0.25, 0.3) is 0 Å². The minimum atomic E-state index is -0.312. The van der Waals surface area contributed by atoms with Crippen LogP contribution in [0.4, 0.5) is 10.1 Å². The largest absolute Gasteiger partial charge is 0.380 e. The van der Waals surface area contributed by atoms with E-state index in [0.29, 0.717) is 6.54 Å². The first-order valence-corrected chi connectivity index (χ1v) is 6.04. The highest BCUT2D eigenvalue weighted by molar-refractivity contribution is 9.10. The maximum Gasteiger partial charge on any atom is 0.141 e. The van der Waals surface area contributed by atoms with Crippen LogP contribution in [0.25, 0.3) is 0 Å². The minimum absolute atomic E-state index is 0.312. The van der Waals surface area contributed by atoms with Gasteiger partial charge in [-0.1, -0.05) is 6.07 Å². The summed E-state index contributed by atoms with van der Waals surface area (Å²) in [4.78, 5) is 3.81. The maximum atomic E-state index is 12.9. The quantitative estimate of drug-likeness (QED) is 0.928. The number of aryl methyl sites for hydroxylation is 1. The van der Waals surface area contributed by atoms with Crippen molar-refractivity contribution in [1.82, 2.24) is 4.98 Å². The van der Waals surface area contributed by atoms with E-state index < -0.39 is 0 Å². The van der Waals surface area contributed by atoms with Gasteiger partial charge in [0.2, 0.25) is 0 Å². The zero-order valence-corrected chi connectivity index (χ0v) is 11.0. The van der Waals surface area contributed by atoms with Crippen molar-refractivity contribution in [3.8, 4) is 0 Å². The highest BCUT2D eigenvalue weighted by Gasteiger charge is 2.01. The summed E-state index contributed by atoms with van der Waals surface area (Å²) in [5.41, 5.74) is 2.99. The van der Waals surface area contributed by atoms with Gasteiger partial charge in [0.15, 0.2) is 0 Å². The summed E-state index contributed by atoms with van der Waals surface area (Å²) in [5.74, 6) is -0.312. The molecule has 0 saturated carbocycles. The van der Waals surface area contributed by atoms with Crippen LogP contribution in [-0.2, 0) is 6.54 Å². The summed E-state index contributed by atoms with van der Waals surface area (Å²) >= 11 is 3.47. The molecule has 2 nitrogen and oxygen atoms in total. The Bertz CT molecular complexity index is 529. The summed E-state index contributed by atoms with van der Waals surface area (Å²) in [6, 6.07) is 7.53. The van der Waals surface area contributed by atoms with E-state index in [9.17, 15) is 4.39 Å². The van der Waals surface area contributed by atoms with Crippen LogP contribution in [0.15, 0.2) is 41.1 Å². The second-order valence-corrected chi connectivity index (χ2v) is 4.70. The number of pyridine rings is 1. The fourth-order valence-corrected chi connectivity index (χ4v) is 1.91. The van der Waals surface area contributed by atoms with E-state index in [-0.39, 0.29) is 5.82 Å². The van der Waals surface area contributed by atoms with Crippen molar-refractivity contribution in [2.75, 3.05) is 5.32 Å². The second-order valence-electron chi connectivity index (χ2n) is 3.85. The van der Waals surface area contributed by atoms with Crippen LogP contribution in [0.2, 0.25) is 0 Å². The highest BCUT2D eigenvalue weighted by Crippen LogP contribution is 2.23. The predicted molar refractivity (Wildman–Crippen MR) is 70.4 cm³/mol. The third-order valence-electron chi connectivity index (χ3n) is 2.37. The number of hydrogen-bond donors (Lipinski definition) is 1. The fraction of sp³-hybridized carbons (Fsp3) is 0.154. The van der Waals surface area contributed by atoms with Crippen molar-refractivity contribution < 1.29 is 4.39 Å². The molecule has 0 bridgehead atoms. The highest BCUT2D eigenvalue weighted by atomic mass is 79.9. The summed E-state index contributed by atoms with van der Waals surface area (Å²) < 4.78 is 13.9. The molecule has 1 aromatic heterocycles. The van der Waals surface area contributed by atoms with Gasteiger partial charge in [0.1, 0.15) is 5.82 Å². The number of aromatic nitrogens is 1. The van der Waals surface area contributed by atoms with Crippen LogP contribution >= 0.6 is 15.9 Å². The molecule has 0 amide bonds. The van der Waals surface area contributed by atoms with Crippen molar-refractivity contribution >= 4 is 21.6 Å². The van der Waals surface area contributed by atoms with E-state index in [1.165, 1.54) is 17.8 Å². The SMILES string of the molecule is Cc1ccc(Br)c(NCc2cncc(F)c2)c1. The molecule has 0 spiro atoms. The summed E-state index contributed by atoms with van der Waals surface area (Å²) in [6.45, 7) is 2.58. The average Bonchev–Trinajstić information content (AvgIpc) is 2.30. The van der Waals surface area contributed by atoms with Crippen molar-refractivity contribution in [2.45, 2.75) is 13.5 Å². The predicted octanol–water partition coefficient (Wildman–Crippen LogP) is 3.90. The van der Waals surface area contributed by atoms with Gasteiger partial charge >= 0.3 is 0 Å². The Morgan fingerprint density at radius 2 is 2.12 bits per heavy atom. The van der Waals surface area contributed by atoms with Crippen molar-refractivity contribution in [1.29, 1.82) is 0 Å². The molecule has 0 aliphatic carbocycles. The molecule has 0 unspecified atom stereocenters. The lowest BCUT2D eigenvalue weighted by atomic mass is 10.2. The molecule has 4 heteroatoms. The van der Waals surface area contributed by atoms with Gasteiger partial charge in [-0.2, -0.15) is 0 Å². The first kappa shape index (κ1) is 12.0. The van der Waals surface area contributed by atoms with Gasteiger partial charge in [0.05, 0.1) is 6.20 Å². The molecule has 88 valence electrons. The van der Waals surface area contributed by atoms with Crippen LogP contribution in [0, 0.1) is 12.7 Å². The number of halogens is 2. The topological polar surface area (TPSA) is 24.9 Å². The monoisotopic (exact) mass is 294 g/mol. The number of hydrogen-bond acceptors (Lipinski definition) is 2. The van der Waals surface area contributed by atoms with Gasteiger partial charge < -0.3 is 5.32 Å². The smallest absolute Gasteiger partial charge is 0.141 e. The molecular weight excluding hydrogens is 283 g/mol. The zero-order chi connectivity index (χ0) is 12.3. The van der Waals surface area contributed by atoms with Crippen LogP contribution < -0.4 is 5.32 Å². The Kier molecular flexibility index (Phi) is 3.74. The molecule has 1 N–H and O–H groups in total. The summed E-state index contributed by atoms with van der Waals surface area (Å²) in [7, 11) is 0. The van der Waals surface area contributed by atoms with Gasteiger partial charge in [-0.15, -0.1) is 0 Å². The van der Waals surface area contributed by atoms with Crippen LogP contribution in [0.3, 0.4) is 0 Å². The third-order valence-corrected chi connectivity index (χ3v) is 3.06. The van der Waals surface area contributed by atoms with E-state index in [0.717, 1.165) is 15.7 Å². The fourth-order valence-electron chi connectivity index (χ4n) is 1.52. The van der Waals surface area contributed by atoms with Crippen molar-refractivity contribution in [3.63, 3.8) is 0 Å². The normalized spacial score (nSPS) is 10.3. The van der Waals surface area contributed by atoms with E-state index in [1.807, 2.05) is 25.1 Å². The van der Waals surface area contributed by atoms with Gasteiger partial charge in [0, 0.05) is 22.9 Å². The molecule has 0 atom stereocenters. The van der Waals surface area contributed by atoms with E-state index in [1.54, 1.807) is 6.20 Å². The van der Waals surface area contributed by atoms with Gasteiger partial charge in [-0.3, -0.25) is 4.98 Å². The van der Waals surface area contributed by atoms with E-state index >= 15 is 0 Å². The number of anilines is 1. The Morgan fingerprint density at radius 1 is 1.29 bits per heavy atom.